The minimum absolute atomic E-state index is 0. The van der Waals surface area contributed by atoms with Crippen LogP contribution in [-0.2, 0) is 0 Å². The maximum Gasteiger partial charge on any atom is 0.387 e. The average molecular weight is 379 g/mol. The van der Waals surface area contributed by atoms with Crippen molar-refractivity contribution in [3.8, 4) is 17.0 Å². The molecule has 132 valence electrons. The molecule has 1 aliphatic rings. The van der Waals surface area contributed by atoms with Crippen LogP contribution in [0.3, 0.4) is 0 Å². The van der Waals surface area contributed by atoms with Gasteiger partial charge in [0.1, 0.15) is 11.4 Å². The standard InChI is InChI=1S/C15H17ClF2N4O.ClH/c16-9-1-2-13(23-15(17)18)11(7-9)14-12(19)8-22(21-14)10-3-5-20-6-4-10;/h1-2,7-8,10,15,20H,3-6,19H2;1H. The minimum atomic E-state index is -2.93. The molecule has 1 aromatic carbocycles. The molecule has 1 aromatic heterocycles. The Hall–Kier alpha value is -1.57. The van der Waals surface area contributed by atoms with E-state index in [-0.39, 0.29) is 24.2 Å². The van der Waals surface area contributed by atoms with E-state index in [1.54, 1.807) is 10.9 Å². The highest BCUT2D eigenvalue weighted by molar-refractivity contribution is 6.31. The van der Waals surface area contributed by atoms with Gasteiger partial charge in [-0.15, -0.1) is 12.4 Å². The Balaban J connectivity index is 0.00000208. The summed E-state index contributed by atoms with van der Waals surface area (Å²) >= 11 is 5.98. The Morgan fingerprint density at radius 3 is 2.71 bits per heavy atom. The van der Waals surface area contributed by atoms with Gasteiger partial charge in [-0.1, -0.05) is 11.6 Å². The number of ether oxygens (including phenoxy) is 1. The molecule has 1 saturated heterocycles. The summed E-state index contributed by atoms with van der Waals surface area (Å²) in [7, 11) is 0. The summed E-state index contributed by atoms with van der Waals surface area (Å²) in [6.07, 6.45) is 3.62. The third kappa shape index (κ3) is 4.09. The average Bonchev–Trinajstić information content (AvgIpc) is 2.91. The molecule has 1 aliphatic heterocycles. The van der Waals surface area contributed by atoms with Crippen LogP contribution in [0.2, 0.25) is 5.02 Å². The van der Waals surface area contributed by atoms with Crippen LogP contribution in [0.4, 0.5) is 14.5 Å². The lowest BCUT2D eigenvalue weighted by Gasteiger charge is -2.22. The summed E-state index contributed by atoms with van der Waals surface area (Å²) in [5, 5.41) is 8.18. The molecule has 1 fully saturated rings. The van der Waals surface area contributed by atoms with Crippen molar-refractivity contribution in [2.75, 3.05) is 18.8 Å². The molecule has 0 unspecified atom stereocenters. The summed E-state index contributed by atoms with van der Waals surface area (Å²) in [4.78, 5) is 0. The fourth-order valence-corrected chi connectivity index (χ4v) is 2.93. The smallest absolute Gasteiger partial charge is 0.387 e. The number of piperidine rings is 1. The van der Waals surface area contributed by atoms with Crippen LogP contribution < -0.4 is 15.8 Å². The quantitative estimate of drug-likeness (QED) is 0.850. The van der Waals surface area contributed by atoms with E-state index < -0.39 is 6.61 Å². The molecule has 9 heteroatoms. The molecule has 0 amide bonds. The fourth-order valence-electron chi connectivity index (χ4n) is 2.76. The maximum absolute atomic E-state index is 12.6. The first-order chi connectivity index (χ1) is 11.0. The number of hydrogen-bond acceptors (Lipinski definition) is 4. The number of nitrogens with zero attached hydrogens (tertiary/aromatic N) is 2. The van der Waals surface area contributed by atoms with Gasteiger partial charge in [0.05, 0.1) is 11.7 Å². The minimum Gasteiger partial charge on any atom is -0.434 e. The summed E-state index contributed by atoms with van der Waals surface area (Å²) < 4.78 is 31.6. The van der Waals surface area contributed by atoms with Crippen LogP contribution in [-0.4, -0.2) is 29.5 Å². The van der Waals surface area contributed by atoms with Crippen molar-refractivity contribution in [2.24, 2.45) is 0 Å². The lowest BCUT2D eigenvalue weighted by molar-refractivity contribution is -0.0494. The van der Waals surface area contributed by atoms with E-state index in [1.807, 2.05) is 0 Å². The van der Waals surface area contributed by atoms with Crippen LogP contribution in [0, 0.1) is 0 Å². The van der Waals surface area contributed by atoms with Gasteiger partial charge in [0.25, 0.3) is 0 Å². The Morgan fingerprint density at radius 1 is 1.33 bits per heavy atom. The molecule has 5 nitrogen and oxygen atoms in total. The van der Waals surface area contributed by atoms with Gasteiger partial charge >= 0.3 is 6.61 Å². The van der Waals surface area contributed by atoms with Gasteiger partial charge < -0.3 is 15.8 Å². The normalized spacial score (nSPS) is 15.3. The second kappa shape index (κ2) is 8.00. The maximum atomic E-state index is 12.6. The lowest BCUT2D eigenvalue weighted by atomic mass is 10.1. The number of hydrogen-bond donors (Lipinski definition) is 2. The van der Waals surface area contributed by atoms with Gasteiger partial charge in [-0.3, -0.25) is 4.68 Å². The van der Waals surface area contributed by atoms with Crippen LogP contribution in [0.5, 0.6) is 5.75 Å². The van der Waals surface area contributed by atoms with Crippen LogP contribution >= 0.6 is 24.0 Å². The molecule has 24 heavy (non-hydrogen) atoms. The molecule has 0 spiro atoms. The number of nitrogen functional groups attached to an aromatic ring is 1. The first kappa shape index (κ1) is 18.8. The topological polar surface area (TPSA) is 65.1 Å². The molecule has 0 atom stereocenters. The lowest BCUT2D eigenvalue weighted by Crippen LogP contribution is -2.29. The zero-order valence-electron chi connectivity index (χ0n) is 12.7. The largest absolute Gasteiger partial charge is 0.434 e. The van der Waals surface area contributed by atoms with E-state index in [9.17, 15) is 8.78 Å². The highest BCUT2D eigenvalue weighted by Crippen LogP contribution is 2.36. The van der Waals surface area contributed by atoms with Crippen LogP contribution in [0.1, 0.15) is 18.9 Å². The monoisotopic (exact) mass is 378 g/mol. The summed E-state index contributed by atoms with van der Waals surface area (Å²) in [5.41, 5.74) is 7.22. The van der Waals surface area contributed by atoms with E-state index in [1.165, 1.54) is 18.2 Å². The van der Waals surface area contributed by atoms with E-state index >= 15 is 0 Å². The second-order valence-corrected chi connectivity index (χ2v) is 5.85. The Bertz CT molecular complexity index is 690. The fraction of sp³-hybridized carbons (Fsp3) is 0.400. The SMILES string of the molecule is Cl.Nc1cn(C2CCNCC2)nc1-c1cc(Cl)ccc1OC(F)F. The predicted octanol–water partition coefficient (Wildman–Crippen LogP) is 3.73. The number of halogens is 4. The van der Waals surface area contributed by atoms with Gasteiger partial charge in [-0.05, 0) is 44.1 Å². The van der Waals surface area contributed by atoms with E-state index in [0.717, 1.165) is 25.9 Å². The number of alkyl halides is 2. The number of nitrogens with one attached hydrogen (secondary N) is 1. The van der Waals surface area contributed by atoms with Crippen LogP contribution in [0.15, 0.2) is 24.4 Å². The van der Waals surface area contributed by atoms with Crippen molar-refractivity contribution in [1.29, 1.82) is 0 Å². The van der Waals surface area contributed by atoms with Crippen LogP contribution in [0.25, 0.3) is 11.3 Å². The third-order valence-corrected chi connectivity index (χ3v) is 4.09. The Morgan fingerprint density at radius 2 is 2.04 bits per heavy atom. The van der Waals surface area contributed by atoms with E-state index in [0.29, 0.717) is 22.0 Å². The van der Waals surface area contributed by atoms with Crippen molar-refractivity contribution in [1.82, 2.24) is 15.1 Å². The molecule has 2 aromatic rings. The van der Waals surface area contributed by atoms with Crippen molar-refractivity contribution in [3.05, 3.63) is 29.4 Å². The van der Waals surface area contributed by atoms with Gasteiger partial charge in [-0.25, -0.2) is 0 Å². The Labute approximate surface area is 149 Å². The highest BCUT2D eigenvalue weighted by Gasteiger charge is 2.21. The Kier molecular flexibility index (Phi) is 6.26. The number of benzene rings is 1. The second-order valence-electron chi connectivity index (χ2n) is 5.41. The zero-order valence-corrected chi connectivity index (χ0v) is 14.3. The first-order valence-corrected chi connectivity index (χ1v) is 7.72. The van der Waals surface area contributed by atoms with Gasteiger partial charge in [-0.2, -0.15) is 13.9 Å². The van der Waals surface area contributed by atoms with Crippen molar-refractivity contribution in [2.45, 2.75) is 25.5 Å². The van der Waals surface area contributed by atoms with Crippen molar-refractivity contribution < 1.29 is 13.5 Å². The van der Waals surface area contributed by atoms with E-state index in [4.69, 9.17) is 17.3 Å². The first-order valence-electron chi connectivity index (χ1n) is 7.34. The molecule has 3 N–H and O–H groups in total. The number of nitrogens with two attached hydrogens (primary N) is 1. The molecular weight excluding hydrogens is 361 g/mol. The van der Waals surface area contributed by atoms with Gasteiger partial charge in [0, 0.05) is 16.8 Å². The molecule has 0 saturated carbocycles. The van der Waals surface area contributed by atoms with Gasteiger partial charge in [0.2, 0.25) is 0 Å². The van der Waals surface area contributed by atoms with Gasteiger partial charge in [0.15, 0.2) is 0 Å². The predicted molar refractivity (Wildman–Crippen MR) is 92.1 cm³/mol. The summed E-state index contributed by atoms with van der Waals surface area (Å²) in [6.45, 7) is -1.10. The number of aromatic nitrogens is 2. The molecule has 0 bridgehead atoms. The summed E-state index contributed by atoms with van der Waals surface area (Å²) in [5.74, 6) is 0.00617. The summed E-state index contributed by atoms with van der Waals surface area (Å²) in [6, 6.07) is 4.66. The third-order valence-electron chi connectivity index (χ3n) is 3.86. The molecular formula is C15H18Cl2F2N4O. The number of anilines is 1. The highest BCUT2D eigenvalue weighted by atomic mass is 35.5. The molecule has 0 aliphatic carbocycles. The van der Waals surface area contributed by atoms with Crippen molar-refractivity contribution >= 4 is 29.7 Å². The zero-order chi connectivity index (χ0) is 16.4. The molecule has 2 heterocycles. The van der Waals surface area contributed by atoms with E-state index in [2.05, 4.69) is 15.2 Å². The van der Waals surface area contributed by atoms with Crippen molar-refractivity contribution in [3.63, 3.8) is 0 Å². The molecule has 0 radical (unpaired) electrons. The number of rotatable bonds is 4. The molecule has 3 rings (SSSR count).